The molecule has 2 N–H and O–H groups in total. The summed E-state index contributed by atoms with van der Waals surface area (Å²) in [6.07, 6.45) is -10.2. The molecular weight excluding hydrogens is 290 g/mol. The highest BCUT2D eigenvalue weighted by Crippen LogP contribution is 2.36. The third kappa shape index (κ3) is 3.32. The monoisotopic (exact) mass is 294 g/mol. The average Bonchev–Trinajstić information content (AvgIpc) is 2.59. The molecule has 0 spiro atoms. The van der Waals surface area contributed by atoms with Crippen LogP contribution in [0.4, 0.5) is 31.5 Å². The van der Waals surface area contributed by atoms with Crippen LogP contribution < -0.4 is 5.32 Å². The number of rotatable bonds is 2. The Morgan fingerprint density at radius 1 is 1.28 bits per heavy atom. The fourth-order valence-electron chi connectivity index (χ4n) is 0.902. The highest BCUT2D eigenvalue weighted by molar-refractivity contribution is 7.15. The minimum absolute atomic E-state index is 0.118. The Labute approximate surface area is 99.3 Å². The first kappa shape index (κ1) is 14.7. The van der Waals surface area contributed by atoms with Gasteiger partial charge in [-0.05, 0) is 0 Å². The van der Waals surface area contributed by atoms with Gasteiger partial charge in [0.25, 0.3) is 0 Å². The lowest BCUT2D eigenvalue weighted by Crippen LogP contribution is -2.29. The van der Waals surface area contributed by atoms with Gasteiger partial charge in [0.15, 0.2) is 10.8 Å². The van der Waals surface area contributed by atoms with Gasteiger partial charge in [0.1, 0.15) is 0 Å². The molecule has 0 saturated heterocycles. The van der Waals surface area contributed by atoms with Crippen molar-refractivity contribution in [2.24, 2.45) is 0 Å². The average molecular weight is 294 g/mol. The van der Waals surface area contributed by atoms with Gasteiger partial charge >= 0.3 is 18.3 Å². The molecule has 0 unspecified atom stereocenters. The quantitative estimate of drug-likeness (QED) is 0.822. The van der Waals surface area contributed by atoms with Crippen LogP contribution in [0.25, 0.3) is 0 Å². The van der Waals surface area contributed by atoms with E-state index in [1.807, 2.05) is 0 Å². The fraction of sp³-hybridized carbons (Fsp3) is 0.429. The number of halogens is 6. The number of nitrogens with zero attached hydrogens (tertiary/aromatic N) is 1. The number of amides is 1. The number of aliphatic hydroxyl groups is 1. The van der Waals surface area contributed by atoms with E-state index in [0.29, 0.717) is 0 Å². The third-order valence-corrected chi connectivity index (χ3v) is 2.54. The van der Waals surface area contributed by atoms with Crippen LogP contribution >= 0.6 is 11.3 Å². The Kier molecular flexibility index (Phi) is 3.86. The van der Waals surface area contributed by atoms with Crippen LogP contribution in [0.3, 0.4) is 0 Å². The maximum Gasteiger partial charge on any atom is 0.471 e. The number of alkyl halides is 6. The minimum atomic E-state index is -5.23. The summed E-state index contributed by atoms with van der Waals surface area (Å²) < 4.78 is 72.5. The van der Waals surface area contributed by atoms with Crippen LogP contribution in [0.15, 0.2) is 0 Å². The molecule has 0 aliphatic rings. The maximum atomic E-state index is 12.3. The summed E-state index contributed by atoms with van der Waals surface area (Å²) in [5.41, 5.74) is -1.52. The van der Waals surface area contributed by atoms with Crippen LogP contribution in [0.1, 0.15) is 10.6 Å². The van der Waals surface area contributed by atoms with Gasteiger partial charge in [-0.1, -0.05) is 11.3 Å². The third-order valence-electron chi connectivity index (χ3n) is 1.59. The Bertz CT molecular complexity index is 452. The van der Waals surface area contributed by atoms with Gasteiger partial charge in [-0.2, -0.15) is 26.3 Å². The molecule has 1 aromatic rings. The fourth-order valence-corrected chi connectivity index (χ4v) is 1.74. The van der Waals surface area contributed by atoms with Crippen LogP contribution in [-0.2, 0) is 17.6 Å². The standard InChI is InChI=1S/C7H4F6N2O2S/c8-6(9,10)3-2(1-16)18-5(14-3)15-4(17)7(11,12)13/h16H,1H2,(H,14,15,17). The van der Waals surface area contributed by atoms with E-state index in [2.05, 4.69) is 4.98 Å². The lowest BCUT2D eigenvalue weighted by Gasteiger charge is -2.04. The Morgan fingerprint density at radius 3 is 2.17 bits per heavy atom. The molecule has 1 aromatic heterocycles. The predicted molar refractivity (Wildman–Crippen MR) is 47.7 cm³/mol. The van der Waals surface area contributed by atoms with E-state index >= 15 is 0 Å². The zero-order valence-corrected chi connectivity index (χ0v) is 9.00. The molecule has 1 amide bonds. The summed E-state index contributed by atoms with van der Waals surface area (Å²) in [6, 6.07) is 0. The molecule has 0 radical (unpaired) electrons. The summed E-state index contributed by atoms with van der Waals surface area (Å²) in [5.74, 6) is -2.44. The summed E-state index contributed by atoms with van der Waals surface area (Å²) in [6.45, 7) is -1.05. The molecule has 0 aliphatic carbocycles. The zero-order valence-electron chi connectivity index (χ0n) is 8.19. The van der Waals surface area contributed by atoms with Crippen molar-refractivity contribution >= 4 is 22.4 Å². The molecule has 1 rings (SSSR count). The van der Waals surface area contributed by atoms with E-state index in [1.165, 1.54) is 5.32 Å². The number of thiazole rings is 1. The van der Waals surface area contributed by atoms with E-state index in [9.17, 15) is 31.1 Å². The first-order valence-corrected chi connectivity index (χ1v) is 4.93. The van der Waals surface area contributed by atoms with Crippen molar-refractivity contribution < 1.29 is 36.2 Å². The van der Waals surface area contributed by atoms with Crippen molar-refractivity contribution in [3.8, 4) is 0 Å². The number of carbonyl (C=O) groups is 1. The van der Waals surface area contributed by atoms with Crippen molar-refractivity contribution in [2.75, 3.05) is 5.32 Å². The van der Waals surface area contributed by atoms with E-state index in [4.69, 9.17) is 5.11 Å². The summed E-state index contributed by atoms with van der Waals surface area (Å²) in [5, 5.41) is 8.93. The Morgan fingerprint density at radius 2 is 1.83 bits per heavy atom. The summed E-state index contributed by atoms with van der Waals surface area (Å²) >= 11 is 0.118. The van der Waals surface area contributed by atoms with E-state index in [1.54, 1.807) is 0 Å². The van der Waals surface area contributed by atoms with Crippen LogP contribution in [0, 0.1) is 0 Å². The van der Waals surface area contributed by atoms with Gasteiger partial charge < -0.3 is 5.11 Å². The molecule has 0 aliphatic heterocycles. The minimum Gasteiger partial charge on any atom is -0.391 e. The number of nitrogens with one attached hydrogen (secondary N) is 1. The van der Waals surface area contributed by atoms with Crippen molar-refractivity contribution in [1.82, 2.24) is 4.98 Å². The molecule has 0 aromatic carbocycles. The molecule has 0 fully saturated rings. The Hall–Kier alpha value is -1.36. The summed E-state index contributed by atoms with van der Waals surface area (Å²) in [4.78, 5) is 12.6. The number of aliphatic hydroxyl groups excluding tert-OH is 1. The molecule has 0 saturated carbocycles. The van der Waals surface area contributed by atoms with Crippen LogP contribution in [-0.4, -0.2) is 22.2 Å². The lowest BCUT2D eigenvalue weighted by atomic mass is 10.3. The molecule has 18 heavy (non-hydrogen) atoms. The van der Waals surface area contributed by atoms with Crippen molar-refractivity contribution in [1.29, 1.82) is 0 Å². The van der Waals surface area contributed by atoms with Crippen LogP contribution in [0.5, 0.6) is 0 Å². The maximum absolute atomic E-state index is 12.3. The highest BCUT2D eigenvalue weighted by Gasteiger charge is 2.41. The number of hydrogen-bond acceptors (Lipinski definition) is 4. The number of hydrogen-bond donors (Lipinski definition) is 2. The largest absolute Gasteiger partial charge is 0.471 e. The molecular formula is C7H4F6N2O2S. The topological polar surface area (TPSA) is 62.2 Å². The normalized spacial score (nSPS) is 12.6. The second-order valence-corrected chi connectivity index (χ2v) is 3.98. The lowest BCUT2D eigenvalue weighted by molar-refractivity contribution is -0.167. The molecule has 102 valence electrons. The molecule has 0 atom stereocenters. The molecule has 11 heteroatoms. The molecule has 4 nitrogen and oxygen atoms in total. The first-order chi connectivity index (χ1) is 8.05. The zero-order chi connectivity index (χ0) is 14.1. The van der Waals surface area contributed by atoms with Crippen molar-refractivity contribution in [3.05, 3.63) is 10.6 Å². The van der Waals surface area contributed by atoms with E-state index in [-0.39, 0.29) is 11.3 Å². The SMILES string of the molecule is O=C(Nc1nc(C(F)(F)F)c(CO)s1)C(F)(F)F. The molecule has 1 heterocycles. The number of anilines is 1. The van der Waals surface area contributed by atoms with Gasteiger partial charge in [-0.15, -0.1) is 0 Å². The van der Waals surface area contributed by atoms with Gasteiger partial charge in [0.05, 0.1) is 11.5 Å². The second-order valence-electron chi connectivity index (χ2n) is 2.90. The van der Waals surface area contributed by atoms with Crippen molar-refractivity contribution in [3.63, 3.8) is 0 Å². The second kappa shape index (κ2) is 4.72. The smallest absolute Gasteiger partial charge is 0.391 e. The van der Waals surface area contributed by atoms with Crippen LogP contribution in [0.2, 0.25) is 0 Å². The van der Waals surface area contributed by atoms with E-state index in [0.717, 1.165) is 0 Å². The molecule has 0 bridgehead atoms. The summed E-state index contributed by atoms with van der Waals surface area (Å²) in [7, 11) is 0. The van der Waals surface area contributed by atoms with Gasteiger partial charge in [0.2, 0.25) is 0 Å². The van der Waals surface area contributed by atoms with Gasteiger partial charge in [-0.25, -0.2) is 4.98 Å². The number of carbonyl (C=O) groups excluding carboxylic acids is 1. The highest BCUT2D eigenvalue weighted by atomic mass is 32.1. The van der Waals surface area contributed by atoms with Gasteiger partial charge in [-0.3, -0.25) is 10.1 Å². The Balaban J connectivity index is 3.00. The van der Waals surface area contributed by atoms with E-state index < -0.39 is 40.6 Å². The van der Waals surface area contributed by atoms with Gasteiger partial charge in [0, 0.05) is 0 Å². The predicted octanol–water partition coefficient (Wildman–Crippen LogP) is 2.15. The number of aromatic nitrogens is 1. The first-order valence-electron chi connectivity index (χ1n) is 4.11. The van der Waals surface area contributed by atoms with Crippen molar-refractivity contribution in [2.45, 2.75) is 19.0 Å².